The van der Waals surface area contributed by atoms with Gasteiger partial charge >= 0.3 is 11.9 Å². The Bertz CT molecular complexity index is 725. The van der Waals surface area contributed by atoms with Crippen LogP contribution in [-0.2, 0) is 11.8 Å². The van der Waals surface area contributed by atoms with Crippen molar-refractivity contribution in [2.75, 3.05) is 19.7 Å². The summed E-state index contributed by atoms with van der Waals surface area (Å²) in [6.07, 6.45) is 5.27. The second kappa shape index (κ2) is 7.93. The van der Waals surface area contributed by atoms with E-state index in [4.69, 9.17) is 4.74 Å². The number of carbonyl (C=O) groups excluding carboxylic acids is 2. The normalized spacial score (nSPS) is 20.8. The first-order valence-electron chi connectivity index (χ1n) is 9.34. The van der Waals surface area contributed by atoms with E-state index in [9.17, 15) is 19.7 Å². The van der Waals surface area contributed by atoms with Crippen molar-refractivity contribution in [3.63, 3.8) is 0 Å². The minimum Gasteiger partial charge on any atom is -0.447 e. The molecule has 2 aliphatic heterocycles. The molecule has 0 aliphatic carbocycles. The molecule has 0 N–H and O–H groups in total. The summed E-state index contributed by atoms with van der Waals surface area (Å²) in [7, 11) is 1.44. The number of unbranched alkanes of at least 4 members (excludes halogenated alkanes) is 1. The fraction of sp³-hybridized carbons (Fsp3) is 0.706. The standard InChI is InChI=1S/C17H25N5O5/c1-3-4-5-13-11-27-17(24)21(13)12-6-8-20(9-7-12)16(23)14-10-18-19(2)15(14)22(25)26/h10,12-13H,3-9,11H2,1-2H3. The lowest BCUT2D eigenvalue weighted by Crippen LogP contribution is -2.49. The molecule has 0 saturated carbocycles. The molecule has 10 heteroatoms. The van der Waals surface area contributed by atoms with Crippen LogP contribution < -0.4 is 0 Å². The summed E-state index contributed by atoms with van der Waals surface area (Å²) in [6, 6.07) is 0.138. The van der Waals surface area contributed by atoms with Gasteiger partial charge in [-0.3, -0.25) is 9.69 Å². The summed E-state index contributed by atoms with van der Waals surface area (Å²) in [5, 5.41) is 15.0. The average Bonchev–Trinajstić information content (AvgIpc) is 3.22. The summed E-state index contributed by atoms with van der Waals surface area (Å²) < 4.78 is 6.33. The number of aryl methyl sites for hydroxylation is 1. The molecule has 2 fully saturated rings. The molecule has 0 bridgehead atoms. The molecule has 1 atom stereocenters. The molecule has 27 heavy (non-hydrogen) atoms. The zero-order valence-electron chi connectivity index (χ0n) is 15.7. The van der Waals surface area contributed by atoms with Crippen LogP contribution in [0.1, 0.15) is 49.4 Å². The number of likely N-dealkylation sites (tertiary alicyclic amines) is 1. The van der Waals surface area contributed by atoms with Gasteiger partial charge in [0.2, 0.25) is 0 Å². The van der Waals surface area contributed by atoms with Crippen molar-refractivity contribution < 1.29 is 19.2 Å². The lowest BCUT2D eigenvalue weighted by Gasteiger charge is -2.37. The summed E-state index contributed by atoms with van der Waals surface area (Å²) in [4.78, 5) is 38.9. The van der Waals surface area contributed by atoms with E-state index in [0.717, 1.165) is 23.9 Å². The van der Waals surface area contributed by atoms with Gasteiger partial charge in [-0.05, 0) is 24.2 Å². The maximum atomic E-state index is 12.7. The number of piperidine rings is 1. The summed E-state index contributed by atoms with van der Waals surface area (Å²) >= 11 is 0. The molecule has 3 rings (SSSR count). The molecule has 1 unspecified atom stereocenters. The van der Waals surface area contributed by atoms with Crippen LogP contribution in [-0.4, -0.2) is 68.3 Å². The van der Waals surface area contributed by atoms with E-state index in [1.807, 2.05) is 4.90 Å². The van der Waals surface area contributed by atoms with Gasteiger partial charge in [-0.15, -0.1) is 4.68 Å². The predicted molar refractivity (Wildman–Crippen MR) is 95.3 cm³/mol. The lowest BCUT2D eigenvalue weighted by atomic mass is 10.00. The van der Waals surface area contributed by atoms with Gasteiger partial charge in [-0.1, -0.05) is 24.9 Å². The zero-order chi connectivity index (χ0) is 19.6. The molecule has 10 nitrogen and oxygen atoms in total. The van der Waals surface area contributed by atoms with Gasteiger partial charge in [0.15, 0.2) is 5.56 Å². The molecule has 0 spiro atoms. The monoisotopic (exact) mass is 379 g/mol. The fourth-order valence-corrected chi connectivity index (χ4v) is 3.90. The zero-order valence-corrected chi connectivity index (χ0v) is 15.7. The number of amides is 2. The SMILES string of the molecule is CCCCC1COC(=O)N1C1CCN(C(=O)c2cnn(C)c2[N+](=O)[O-])CC1. The van der Waals surface area contributed by atoms with Crippen LogP contribution in [0.4, 0.5) is 10.6 Å². The van der Waals surface area contributed by atoms with Gasteiger partial charge in [0.25, 0.3) is 5.91 Å². The molecule has 148 valence electrons. The highest BCUT2D eigenvalue weighted by atomic mass is 16.6. The van der Waals surface area contributed by atoms with Gasteiger partial charge in [0, 0.05) is 19.1 Å². The van der Waals surface area contributed by atoms with E-state index < -0.39 is 4.92 Å². The number of hydrogen-bond acceptors (Lipinski definition) is 6. The van der Waals surface area contributed by atoms with Crippen molar-refractivity contribution in [3.05, 3.63) is 21.9 Å². The molecule has 2 saturated heterocycles. The van der Waals surface area contributed by atoms with Gasteiger partial charge in [0.1, 0.15) is 13.7 Å². The van der Waals surface area contributed by atoms with Gasteiger partial charge in [0.05, 0.1) is 12.2 Å². The first-order chi connectivity index (χ1) is 12.9. The van der Waals surface area contributed by atoms with Crippen LogP contribution in [0.25, 0.3) is 0 Å². The number of ether oxygens (including phenoxy) is 1. The first kappa shape index (κ1) is 19.1. The largest absolute Gasteiger partial charge is 0.447 e. The molecule has 0 aromatic carbocycles. The van der Waals surface area contributed by atoms with Crippen molar-refractivity contribution >= 4 is 17.8 Å². The van der Waals surface area contributed by atoms with Crippen LogP contribution in [0.2, 0.25) is 0 Å². The minimum absolute atomic E-state index is 0.00218. The maximum absolute atomic E-state index is 12.7. The predicted octanol–water partition coefficient (Wildman–Crippen LogP) is 1.94. The Morgan fingerprint density at radius 2 is 2.11 bits per heavy atom. The van der Waals surface area contributed by atoms with E-state index in [1.54, 1.807) is 4.90 Å². The third kappa shape index (κ3) is 3.74. The Morgan fingerprint density at radius 3 is 2.74 bits per heavy atom. The highest BCUT2D eigenvalue weighted by Gasteiger charge is 2.40. The number of carbonyl (C=O) groups is 2. The smallest absolute Gasteiger partial charge is 0.410 e. The molecule has 2 aliphatic rings. The second-order valence-electron chi connectivity index (χ2n) is 7.07. The number of nitro groups is 1. The molecular formula is C17H25N5O5. The van der Waals surface area contributed by atoms with Crippen LogP contribution in [0, 0.1) is 10.1 Å². The Hall–Kier alpha value is -2.65. The third-order valence-corrected chi connectivity index (χ3v) is 5.35. The Labute approximate surface area is 157 Å². The molecule has 1 aromatic rings. The Kier molecular flexibility index (Phi) is 5.62. The molecule has 1 aromatic heterocycles. The summed E-state index contributed by atoms with van der Waals surface area (Å²) in [6.45, 7) is 3.43. The second-order valence-corrected chi connectivity index (χ2v) is 7.07. The summed E-state index contributed by atoms with van der Waals surface area (Å²) in [5.41, 5.74) is 0.00218. The highest BCUT2D eigenvalue weighted by molar-refractivity contribution is 5.97. The highest BCUT2D eigenvalue weighted by Crippen LogP contribution is 2.28. The maximum Gasteiger partial charge on any atom is 0.410 e. The minimum atomic E-state index is -0.592. The van der Waals surface area contributed by atoms with E-state index in [-0.39, 0.29) is 35.5 Å². The van der Waals surface area contributed by atoms with Crippen molar-refractivity contribution in [1.29, 1.82) is 0 Å². The van der Waals surface area contributed by atoms with Gasteiger partial charge in [-0.2, -0.15) is 0 Å². The topological polar surface area (TPSA) is 111 Å². The van der Waals surface area contributed by atoms with E-state index in [0.29, 0.717) is 32.5 Å². The van der Waals surface area contributed by atoms with E-state index in [1.165, 1.54) is 13.2 Å². The van der Waals surface area contributed by atoms with Crippen LogP contribution in [0.3, 0.4) is 0 Å². The lowest BCUT2D eigenvalue weighted by molar-refractivity contribution is -0.392. The van der Waals surface area contributed by atoms with Crippen molar-refractivity contribution in [2.24, 2.45) is 7.05 Å². The number of aromatic nitrogens is 2. The molecule has 3 heterocycles. The number of rotatable bonds is 6. The van der Waals surface area contributed by atoms with Crippen molar-refractivity contribution in [1.82, 2.24) is 19.6 Å². The first-order valence-corrected chi connectivity index (χ1v) is 9.34. The molecule has 2 amide bonds. The van der Waals surface area contributed by atoms with Crippen LogP contribution in [0.5, 0.6) is 0 Å². The van der Waals surface area contributed by atoms with Crippen LogP contribution >= 0.6 is 0 Å². The molecule has 0 radical (unpaired) electrons. The van der Waals surface area contributed by atoms with Crippen molar-refractivity contribution in [2.45, 2.75) is 51.1 Å². The van der Waals surface area contributed by atoms with E-state index >= 15 is 0 Å². The Morgan fingerprint density at radius 1 is 1.41 bits per heavy atom. The summed E-state index contributed by atoms with van der Waals surface area (Å²) in [5.74, 6) is -0.690. The Balaban J connectivity index is 1.64. The average molecular weight is 379 g/mol. The van der Waals surface area contributed by atoms with Gasteiger partial charge < -0.3 is 19.8 Å². The van der Waals surface area contributed by atoms with E-state index in [2.05, 4.69) is 12.0 Å². The van der Waals surface area contributed by atoms with Crippen LogP contribution in [0.15, 0.2) is 6.20 Å². The number of hydrogen-bond donors (Lipinski definition) is 0. The third-order valence-electron chi connectivity index (χ3n) is 5.35. The fourth-order valence-electron chi connectivity index (χ4n) is 3.90. The van der Waals surface area contributed by atoms with Gasteiger partial charge in [-0.25, -0.2) is 4.79 Å². The molecular weight excluding hydrogens is 354 g/mol. The number of cyclic esters (lactones) is 1. The number of nitrogens with zero attached hydrogens (tertiary/aromatic N) is 5. The van der Waals surface area contributed by atoms with Crippen molar-refractivity contribution in [3.8, 4) is 0 Å². The quantitative estimate of drug-likeness (QED) is 0.552.